The van der Waals surface area contributed by atoms with Crippen LogP contribution in [0.15, 0.2) is 0 Å². The van der Waals surface area contributed by atoms with E-state index in [9.17, 15) is 13.2 Å². The van der Waals surface area contributed by atoms with Gasteiger partial charge in [0.2, 0.25) is 0 Å². The van der Waals surface area contributed by atoms with Gasteiger partial charge in [-0.05, 0) is 19.3 Å². The topological polar surface area (TPSA) is 60.4 Å². The van der Waals surface area contributed by atoms with Crippen molar-refractivity contribution in [3.05, 3.63) is 0 Å². The van der Waals surface area contributed by atoms with Crippen molar-refractivity contribution in [1.29, 1.82) is 0 Å². The molecule has 18 heavy (non-hydrogen) atoms. The van der Waals surface area contributed by atoms with Gasteiger partial charge in [-0.15, -0.1) is 0 Å². The zero-order valence-electron chi connectivity index (χ0n) is 11.2. The molecule has 6 heteroatoms. The Morgan fingerprint density at radius 3 is 2.67 bits per heavy atom. The highest BCUT2D eigenvalue weighted by molar-refractivity contribution is 8.00. The van der Waals surface area contributed by atoms with Crippen LogP contribution in [0.4, 0.5) is 0 Å². The third-order valence-electron chi connectivity index (χ3n) is 3.29. The summed E-state index contributed by atoms with van der Waals surface area (Å²) in [6.45, 7) is 1.99. The largest absolute Gasteiger partial charge is 0.469 e. The Bertz CT molecular complexity index is 378. The predicted octanol–water partition coefficient (Wildman–Crippen LogP) is 2.03. The van der Waals surface area contributed by atoms with Crippen molar-refractivity contribution in [1.82, 2.24) is 0 Å². The molecule has 1 fully saturated rings. The third kappa shape index (κ3) is 5.18. The minimum Gasteiger partial charge on any atom is -0.469 e. The van der Waals surface area contributed by atoms with Gasteiger partial charge < -0.3 is 4.74 Å². The summed E-state index contributed by atoms with van der Waals surface area (Å²) in [6.07, 6.45) is 5.21. The van der Waals surface area contributed by atoms with Crippen LogP contribution in [0.2, 0.25) is 0 Å². The molecule has 0 aliphatic heterocycles. The van der Waals surface area contributed by atoms with Crippen molar-refractivity contribution in [3.63, 3.8) is 0 Å². The van der Waals surface area contributed by atoms with E-state index in [1.165, 1.54) is 13.4 Å². The fraction of sp³-hybridized carbons (Fsp3) is 0.917. The van der Waals surface area contributed by atoms with E-state index in [0.29, 0.717) is 11.7 Å². The molecule has 0 aromatic carbocycles. The fourth-order valence-electron chi connectivity index (χ4n) is 2.31. The van der Waals surface area contributed by atoms with Crippen LogP contribution >= 0.6 is 11.8 Å². The molecular formula is C12H22O4S2. The first-order chi connectivity index (χ1) is 8.32. The average molecular weight is 294 g/mol. The van der Waals surface area contributed by atoms with Gasteiger partial charge in [0.1, 0.15) is 9.84 Å². The van der Waals surface area contributed by atoms with Crippen LogP contribution in [-0.4, -0.2) is 43.5 Å². The molecule has 0 spiro atoms. The standard InChI is InChI=1S/C12H22O4S2/c1-9(7-12(13)16-2)17-10-5-4-6-11(8-10)18(3,14)15/h9-11H,4-8H2,1-3H3. The van der Waals surface area contributed by atoms with Crippen LogP contribution in [-0.2, 0) is 19.4 Å². The molecule has 1 rings (SSSR count). The number of hydrogen-bond acceptors (Lipinski definition) is 5. The Labute approximate surface area is 114 Å². The van der Waals surface area contributed by atoms with E-state index in [2.05, 4.69) is 4.74 Å². The highest BCUT2D eigenvalue weighted by atomic mass is 32.2. The van der Waals surface area contributed by atoms with Crippen molar-refractivity contribution in [2.24, 2.45) is 0 Å². The molecule has 1 aliphatic carbocycles. The van der Waals surface area contributed by atoms with Gasteiger partial charge in [0.15, 0.2) is 0 Å². The molecule has 0 amide bonds. The lowest BCUT2D eigenvalue weighted by Gasteiger charge is -2.29. The molecule has 3 unspecified atom stereocenters. The van der Waals surface area contributed by atoms with Gasteiger partial charge in [0.25, 0.3) is 0 Å². The lowest BCUT2D eigenvalue weighted by atomic mass is 10.00. The Kier molecular flexibility index (Phi) is 5.98. The van der Waals surface area contributed by atoms with Crippen molar-refractivity contribution in [3.8, 4) is 0 Å². The molecule has 1 aliphatic rings. The first-order valence-corrected chi connectivity index (χ1v) is 9.13. The maximum Gasteiger partial charge on any atom is 0.306 e. The number of carbonyl (C=O) groups is 1. The van der Waals surface area contributed by atoms with Crippen molar-refractivity contribution in [2.75, 3.05) is 13.4 Å². The van der Waals surface area contributed by atoms with E-state index >= 15 is 0 Å². The van der Waals surface area contributed by atoms with E-state index in [1.807, 2.05) is 6.92 Å². The van der Waals surface area contributed by atoms with Crippen LogP contribution < -0.4 is 0 Å². The number of esters is 1. The lowest BCUT2D eigenvalue weighted by Crippen LogP contribution is -2.29. The SMILES string of the molecule is COC(=O)CC(C)SC1CCCC(S(C)(=O)=O)C1. The minimum atomic E-state index is -2.93. The van der Waals surface area contributed by atoms with E-state index < -0.39 is 9.84 Å². The summed E-state index contributed by atoms with van der Waals surface area (Å²) in [6, 6.07) is 0. The molecule has 1 saturated carbocycles. The van der Waals surface area contributed by atoms with Gasteiger partial charge in [-0.2, -0.15) is 11.8 Å². The van der Waals surface area contributed by atoms with Gasteiger partial charge in [0.05, 0.1) is 18.8 Å². The number of carbonyl (C=O) groups excluding carboxylic acids is 1. The molecular weight excluding hydrogens is 272 g/mol. The zero-order valence-corrected chi connectivity index (χ0v) is 12.9. The minimum absolute atomic E-state index is 0.181. The summed E-state index contributed by atoms with van der Waals surface area (Å²) in [7, 11) is -1.54. The van der Waals surface area contributed by atoms with Crippen LogP contribution in [0.1, 0.15) is 39.0 Å². The number of methoxy groups -OCH3 is 1. The molecule has 106 valence electrons. The van der Waals surface area contributed by atoms with E-state index in [1.54, 1.807) is 11.8 Å². The summed E-state index contributed by atoms with van der Waals surface area (Å²) < 4.78 is 27.8. The number of sulfone groups is 1. The smallest absolute Gasteiger partial charge is 0.306 e. The molecule has 3 atom stereocenters. The second-order valence-corrected chi connectivity index (χ2v) is 9.04. The maximum atomic E-state index is 11.6. The highest BCUT2D eigenvalue weighted by Gasteiger charge is 2.30. The number of rotatable bonds is 5. The quantitative estimate of drug-likeness (QED) is 0.726. The molecule has 0 heterocycles. The van der Waals surface area contributed by atoms with Gasteiger partial charge >= 0.3 is 5.97 Å². The monoisotopic (exact) mass is 294 g/mol. The average Bonchev–Trinajstić information content (AvgIpc) is 2.27. The Balaban J connectivity index is 2.45. The van der Waals surface area contributed by atoms with Crippen molar-refractivity contribution >= 4 is 27.6 Å². The number of thioether (sulfide) groups is 1. The first kappa shape index (κ1) is 15.8. The molecule has 0 saturated heterocycles. The lowest BCUT2D eigenvalue weighted by molar-refractivity contribution is -0.140. The summed E-state index contributed by atoms with van der Waals surface area (Å²) in [5, 5.41) is 0.327. The summed E-state index contributed by atoms with van der Waals surface area (Å²) >= 11 is 1.72. The molecule has 0 bridgehead atoms. The second kappa shape index (κ2) is 6.80. The zero-order chi connectivity index (χ0) is 13.8. The van der Waals surface area contributed by atoms with E-state index in [4.69, 9.17) is 0 Å². The third-order valence-corrected chi connectivity index (χ3v) is 6.37. The van der Waals surface area contributed by atoms with Crippen LogP contribution in [0.5, 0.6) is 0 Å². The summed E-state index contributed by atoms with van der Waals surface area (Å²) in [5.41, 5.74) is 0. The Morgan fingerprint density at radius 2 is 2.11 bits per heavy atom. The Morgan fingerprint density at radius 1 is 1.44 bits per heavy atom. The summed E-state index contributed by atoms with van der Waals surface area (Å²) in [4.78, 5) is 11.2. The van der Waals surface area contributed by atoms with Crippen molar-refractivity contribution < 1.29 is 17.9 Å². The molecule has 0 aromatic heterocycles. The fourth-order valence-corrected chi connectivity index (χ4v) is 5.14. The van der Waals surface area contributed by atoms with Gasteiger partial charge in [-0.25, -0.2) is 8.42 Å². The highest BCUT2D eigenvalue weighted by Crippen LogP contribution is 2.34. The van der Waals surface area contributed by atoms with Crippen molar-refractivity contribution in [2.45, 2.75) is 54.8 Å². The second-order valence-electron chi connectivity index (χ2n) is 4.97. The van der Waals surface area contributed by atoms with E-state index in [0.717, 1.165) is 25.7 Å². The van der Waals surface area contributed by atoms with Crippen LogP contribution in [0, 0.1) is 0 Å². The van der Waals surface area contributed by atoms with Gasteiger partial charge in [0, 0.05) is 16.8 Å². The maximum absolute atomic E-state index is 11.6. The molecule has 0 N–H and O–H groups in total. The van der Waals surface area contributed by atoms with Gasteiger partial charge in [-0.1, -0.05) is 13.3 Å². The number of hydrogen-bond donors (Lipinski definition) is 0. The number of ether oxygens (including phenoxy) is 1. The summed E-state index contributed by atoms with van der Waals surface area (Å²) in [5.74, 6) is -0.203. The predicted molar refractivity (Wildman–Crippen MR) is 74.6 cm³/mol. The van der Waals surface area contributed by atoms with E-state index in [-0.39, 0.29) is 16.5 Å². The molecule has 0 radical (unpaired) electrons. The molecule has 4 nitrogen and oxygen atoms in total. The normalized spacial score (nSPS) is 26.6. The van der Waals surface area contributed by atoms with Crippen LogP contribution in [0.25, 0.3) is 0 Å². The first-order valence-electron chi connectivity index (χ1n) is 6.24. The molecule has 0 aromatic rings. The van der Waals surface area contributed by atoms with Crippen LogP contribution in [0.3, 0.4) is 0 Å². The Hall–Kier alpha value is -0.230. The van der Waals surface area contributed by atoms with Gasteiger partial charge in [-0.3, -0.25) is 4.79 Å².